The molecule has 5 heteroatoms. The topological polar surface area (TPSA) is 9.23 Å². The Labute approximate surface area is 96.3 Å². The van der Waals surface area contributed by atoms with Crippen LogP contribution in [0.3, 0.4) is 0 Å². The average molecular weight is 247 g/mol. The summed E-state index contributed by atoms with van der Waals surface area (Å²) in [6.45, 7) is 3.82. The van der Waals surface area contributed by atoms with Crippen LogP contribution in [-0.4, -0.2) is 12.1 Å². The van der Waals surface area contributed by atoms with E-state index < -0.39 is 5.51 Å². The van der Waals surface area contributed by atoms with Crippen LogP contribution < -0.4 is 4.74 Å². The molecule has 1 rings (SSSR count). The van der Waals surface area contributed by atoms with Crippen LogP contribution in [-0.2, 0) is 0 Å². The maximum absolute atomic E-state index is 12.2. The van der Waals surface area contributed by atoms with Crippen LogP contribution in [0.4, 0.5) is 13.2 Å². The summed E-state index contributed by atoms with van der Waals surface area (Å²) in [4.78, 5) is 0.0269. The molecule has 0 amide bonds. The Kier molecular flexibility index (Phi) is 4.73. The molecule has 0 fully saturated rings. The van der Waals surface area contributed by atoms with Crippen molar-refractivity contribution in [2.24, 2.45) is 0 Å². The van der Waals surface area contributed by atoms with E-state index in [0.717, 1.165) is 0 Å². The first-order valence-corrected chi connectivity index (χ1v) is 5.34. The number of alkyl halides is 3. The van der Waals surface area contributed by atoms with Gasteiger partial charge in [0.15, 0.2) is 0 Å². The SMILES string of the molecule is C=CCCOc1cc[c]cc1SC(F)(F)F. The molecular formula is C11H10F3OS. The van der Waals surface area contributed by atoms with Gasteiger partial charge in [0.25, 0.3) is 0 Å². The summed E-state index contributed by atoms with van der Waals surface area (Å²) < 4.78 is 41.8. The predicted molar refractivity (Wildman–Crippen MR) is 57.5 cm³/mol. The minimum atomic E-state index is -4.31. The van der Waals surface area contributed by atoms with Crippen molar-refractivity contribution in [3.8, 4) is 5.75 Å². The van der Waals surface area contributed by atoms with Gasteiger partial charge in [-0.2, -0.15) is 13.2 Å². The molecule has 0 spiro atoms. The summed E-state index contributed by atoms with van der Waals surface area (Å²) >= 11 is -0.197. The molecule has 0 saturated heterocycles. The molecule has 1 aromatic carbocycles. The normalized spacial score (nSPS) is 11.2. The fourth-order valence-electron chi connectivity index (χ4n) is 0.977. The van der Waals surface area contributed by atoms with E-state index in [0.29, 0.717) is 13.0 Å². The number of hydrogen-bond donors (Lipinski definition) is 0. The highest BCUT2D eigenvalue weighted by Crippen LogP contribution is 2.41. The summed E-state index contributed by atoms with van der Waals surface area (Å²) in [5.41, 5.74) is -4.31. The molecule has 1 radical (unpaired) electrons. The molecule has 87 valence electrons. The number of halogens is 3. The third kappa shape index (κ3) is 4.61. The van der Waals surface area contributed by atoms with Crippen molar-refractivity contribution in [1.29, 1.82) is 0 Å². The average Bonchev–Trinajstić information content (AvgIpc) is 2.19. The molecular weight excluding hydrogens is 237 g/mol. The molecule has 0 aliphatic rings. The molecule has 0 aliphatic carbocycles. The lowest BCUT2D eigenvalue weighted by molar-refractivity contribution is -0.0329. The van der Waals surface area contributed by atoms with Gasteiger partial charge in [-0.25, -0.2) is 0 Å². The molecule has 1 aromatic rings. The third-order valence-corrected chi connectivity index (χ3v) is 2.36. The summed E-state index contributed by atoms with van der Waals surface area (Å²) in [6.07, 6.45) is 2.24. The first kappa shape index (κ1) is 13.0. The van der Waals surface area contributed by atoms with Crippen LogP contribution in [0.15, 0.2) is 35.7 Å². The fraction of sp³-hybridized carbons (Fsp3) is 0.273. The summed E-state index contributed by atoms with van der Waals surface area (Å²) in [6, 6.07) is 6.85. The summed E-state index contributed by atoms with van der Waals surface area (Å²) in [7, 11) is 0. The maximum Gasteiger partial charge on any atom is 0.446 e. The Morgan fingerprint density at radius 1 is 1.50 bits per heavy atom. The van der Waals surface area contributed by atoms with Crippen LogP contribution in [0.2, 0.25) is 0 Å². The summed E-state index contributed by atoms with van der Waals surface area (Å²) in [5.74, 6) is 0.225. The molecule has 0 aliphatic heterocycles. The zero-order valence-electron chi connectivity index (χ0n) is 8.38. The molecule has 0 aromatic heterocycles. The molecule has 0 saturated carbocycles. The van der Waals surface area contributed by atoms with Crippen molar-refractivity contribution in [3.63, 3.8) is 0 Å². The number of benzene rings is 1. The Balaban J connectivity index is 2.71. The standard InChI is InChI=1S/C11H10F3OS/c1-2-3-8-15-9-6-4-5-7-10(9)16-11(12,13)14/h2,4,6-7H,1,3,8H2. The lowest BCUT2D eigenvalue weighted by atomic mass is 10.3. The maximum atomic E-state index is 12.2. The zero-order valence-corrected chi connectivity index (χ0v) is 9.20. The second-order valence-corrected chi connectivity index (χ2v) is 3.95. The van der Waals surface area contributed by atoms with Gasteiger partial charge >= 0.3 is 5.51 Å². The lowest BCUT2D eigenvalue weighted by Gasteiger charge is -2.11. The quantitative estimate of drug-likeness (QED) is 0.441. The second-order valence-electron chi connectivity index (χ2n) is 2.85. The second kappa shape index (κ2) is 5.84. The van der Waals surface area contributed by atoms with E-state index >= 15 is 0 Å². The van der Waals surface area contributed by atoms with Gasteiger partial charge in [0.1, 0.15) is 5.75 Å². The van der Waals surface area contributed by atoms with Gasteiger partial charge in [-0.15, -0.1) is 6.58 Å². The highest BCUT2D eigenvalue weighted by atomic mass is 32.2. The number of hydrogen-bond acceptors (Lipinski definition) is 2. The van der Waals surface area contributed by atoms with E-state index in [9.17, 15) is 13.2 Å². The molecule has 0 bridgehead atoms. The monoisotopic (exact) mass is 247 g/mol. The molecule has 16 heavy (non-hydrogen) atoms. The molecule has 0 heterocycles. The van der Waals surface area contributed by atoms with E-state index in [1.54, 1.807) is 6.08 Å². The van der Waals surface area contributed by atoms with Crippen molar-refractivity contribution in [2.45, 2.75) is 16.8 Å². The zero-order chi connectivity index (χ0) is 12.0. The van der Waals surface area contributed by atoms with Crippen LogP contribution in [0.5, 0.6) is 5.75 Å². The van der Waals surface area contributed by atoms with Gasteiger partial charge in [-0.05, 0) is 36.4 Å². The lowest BCUT2D eigenvalue weighted by Crippen LogP contribution is -2.02. The molecule has 0 atom stereocenters. The van der Waals surface area contributed by atoms with E-state index in [1.807, 2.05) is 0 Å². The first-order valence-electron chi connectivity index (χ1n) is 4.52. The Bertz CT molecular complexity index is 349. The predicted octanol–water partition coefficient (Wildman–Crippen LogP) is 4.05. The Hall–Kier alpha value is -1.10. The smallest absolute Gasteiger partial charge is 0.446 e. The highest BCUT2D eigenvalue weighted by Gasteiger charge is 2.30. The van der Waals surface area contributed by atoms with Crippen LogP contribution in [0, 0.1) is 6.07 Å². The van der Waals surface area contributed by atoms with Gasteiger partial charge in [0, 0.05) is 0 Å². The van der Waals surface area contributed by atoms with E-state index in [2.05, 4.69) is 12.6 Å². The third-order valence-electron chi connectivity index (χ3n) is 1.59. The van der Waals surface area contributed by atoms with Gasteiger partial charge in [-0.3, -0.25) is 0 Å². The minimum absolute atomic E-state index is 0.0269. The van der Waals surface area contributed by atoms with Crippen molar-refractivity contribution < 1.29 is 17.9 Å². The van der Waals surface area contributed by atoms with Crippen molar-refractivity contribution >= 4 is 11.8 Å². The minimum Gasteiger partial charge on any atom is -0.492 e. The number of rotatable bonds is 5. The van der Waals surface area contributed by atoms with Gasteiger partial charge in [-0.1, -0.05) is 12.1 Å². The molecule has 0 unspecified atom stereocenters. The Morgan fingerprint density at radius 3 is 2.88 bits per heavy atom. The van der Waals surface area contributed by atoms with E-state index in [4.69, 9.17) is 4.74 Å². The largest absolute Gasteiger partial charge is 0.492 e. The van der Waals surface area contributed by atoms with E-state index in [-0.39, 0.29) is 22.4 Å². The highest BCUT2D eigenvalue weighted by molar-refractivity contribution is 8.00. The number of ether oxygens (including phenoxy) is 1. The summed E-state index contributed by atoms with van der Waals surface area (Å²) in [5, 5.41) is 0. The van der Waals surface area contributed by atoms with Crippen LogP contribution in [0.1, 0.15) is 6.42 Å². The fourth-order valence-corrected chi connectivity index (χ4v) is 1.58. The van der Waals surface area contributed by atoms with Crippen molar-refractivity contribution in [1.82, 2.24) is 0 Å². The van der Waals surface area contributed by atoms with Crippen LogP contribution >= 0.6 is 11.8 Å². The number of thioether (sulfide) groups is 1. The van der Waals surface area contributed by atoms with Crippen LogP contribution in [0.25, 0.3) is 0 Å². The molecule has 0 N–H and O–H groups in total. The van der Waals surface area contributed by atoms with Crippen molar-refractivity contribution in [3.05, 3.63) is 36.9 Å². The van der Waals surface area contributed by atoms with Gasteiger partial charge in [0.2, 0.25) is 0 Å². The van der Waals surface area contributed by atoms with Crippen molar-refractivity contribution in [2.75, 3.05) is 6.61 Å². The first-order chi connectivity index (χ1) is 7.53. The Morgan fingerprint density at radius 2 is 2.25 bits per heavy atom. The van der Waals surface area contributed by atoms with E-state index in [1.165, 1.54) is 18.2 Å². The molecule has 1 nitrogen and oxygen atoms in total. The van der Waals surface area contributed by atoms with Gasteiger partial charge < -0.3 is 4.74 Å². The van der Waals surface area contributed by atoms with Gasteiger partial charge in [0.05, 0.1) is 11.5 Å².